The first-order valence-corrected chi connectivity index (χ1v) is 7.31. The summed E-state index contributed by atoms with van der Waals surface area (Å²) in [6, 6.07) is -0.295. The predicted octanol–water partition coefficient (Wildman–Crippen LogP) is -1.56. The molecule has 0 radical (unpaired) electrons. The van der Waals surface area contributed by atoms with Gasteiger partial charge in [-0.2, -0.15) is 5.10 Å². The van der Waals surface area contributed by atoms with Gasteiger partial charge < -0.3 is 22.1 Å². The van der Waals surface area contributed by atoms with E-state index in [1.165, 1.54) is 17.1 Å². The summed E-state index contributed by atoms with van der Waals surface area (Å²) < 4.78 is 1.35. The van der Waals surface area contributed by atoms with E-state index in [9.17, 15) is 14.4 Å². The summed E-state index contributed by atoms with van der Waals surface area (Å²) in [4.78, 5) is 35.5. The minimum absolute atomic E-state index is 0.0401. The van der Waals surface area contributed by atoms with E-state index >= 15 is 0 Å². The molecule has 10 heteroatoms. The van der Waals surface area contributed by atoms with E-state index in [1.807, 2.05) is 4.90 Å². The molecule has 2 rings (SSSR count). The van der Waals surface area contributed by atoms with Crippen LogP contribution in [-0.2, 0) is 16.1 Å². The van der Waals surface area contributed by atoms with Crippen molar-refractivity contribution in [3.8, 4) is 0 Å². The number of rotatable bonds is 6. The van der Waals surface area contributed by atoms with Crippen molar-refractivity contribution in [1.29, 1.82) is 0 Å². The highest BCUT2D eigenvalue weighted by Gasteiger charge is 2.21. The quantitative estimate of drug-likeness (QED) is 0.499. The highest BCUT2D eigenvalue weighted by molar-refractivity contribution is 5.89. The number of primary amides is 2. The van der Waals surface area contributed by atoms with Crippen LogP contribution in [0.4, 0.5) is 10.5 Å². The zero-order valence-electron chi connectivity index (χ0n) is 12.7. The van der Waals surface area contributed by atoms with Gasteiger partial charge in [-0.15, -0.1) is 0 Å². The molecule has 6 N–H and O–H groups in total. The minimum atomic E-state index is -0.508. The highest BCUT2D eigenvalue weighted by atomic mass is 16.2. The van der Waals surface area contributed by atoms with E-state index in [-0.39, 0.29) is 31.1 Å². The van der Waals surface area contributed by atoms with Crippen molar-refractivity contribution in [1.82, 2.24) is 20.0 Å². The normalized spacial score (nSPS) is 16.0. The number of amides is 4. The molecule has 0 atom stereocenters. The van der Waals surface area contributed by atoms with E-state index in [0.717, 1.165) is 12.8 Å². The Morgan fingerprint density at radius 2 is 1.83 bits per heavy atom. The van der Waals surface area contributed by atoms with Crippen LogP contribution in [0.15, 0.2) is 12.4 Å². The first-order chi connectivity index (χ1) is 10.9. The molecular formula is C13H21N7O3. The highest BCUT2D eigenvalue weighted by Crippen LogP contribution is 2.10. The Labute approximate surface area is 133 Å². The van der Waals surface area contributed by atoms with Crippen LogP contribution in [-0.4, -0.2) is 58.2 Å². The largest absolute Gasteiger partial charge is 0.369 e. The lowest BCUT2D eigenvalue weighted by atomic mass is 10.1. The smallest absolute Gasteiger partial charge is 0.319 e. The van der Waals surface area contributed by atoms with Gasteiger partial charge in [0.2, 0.25) is 11.8 Å². The molecule has 1 aliphatic rings. The zero-order chi connectivity index (χ0) is 16.8. The van der Waals surface area contributed by atoms with Gasteiger partial charge in [-0.3, -0.25) is 19.2 Å². The van der Waals surface area contributed by atoms with Gasteiger partial charge in [0.15, 0.2) is 0 Å². The van der Waals surface area contributed by atoms with E-state index in [2.05, 4.69) is 15.7 Å². The number of piperidine rings is 1. The molecule has 1 saturated heterocycles. The van der Waals surface area contributed by atoms with Gasteiger partial charge in [0.1, 0.15) is 6.54 Å². The Kier molecular flexibility index (Phi) is 5.52. The Hall–Kier alpha value is -2.62. The monoisotopic (exact) mass is 323 g/mol. The van der Waals surface area contributed by atoms with Gasteiger partial charge in [-0.25, -0.2) is 4.79 Å². The Morgan fingerprint density at radius 3 is 2.43 bits per heavy atom. The van der Waals surface area contributed by atoms with Crippen molar-refractivity contribution in [2.75, 3.05) is 25.0 Å². The molecule has 23 heavy (non-hydrogen) atoms. The van der Waals surface area contributed by atoms with Gasteiger partial charge in [0.25, 0.3) is 0 Å². The predicted molar refractivity (Wildman–Crippen MR) is 82.2 cm³/mol. The fourth-order valence-corrected chi connectivity index (χ4v) is 2.48. The number of carbonyl (C=O) groups excluding carboxylic acids is 3. The van der Waals surface area contributed by atoms with Crippen LogP contribution in [0.25, 0.3) is 0 Å². The van der Waals surface area contributed by atoms with Gasteiger partial charge in [-0.05, 0) is 12.8 Å². The van der Waals surface area contributed by atoms with Crippen molar-refractivity contribution >= 4 is 23.5 Å². The van der Waals surface area contributed by atoms with E-state index in [0.29, 0.717) is 18.8 Å². The second-order valence-electron chi connectivity index (χ2n) is 5.51. The number of hydrogen-bond acceptors (Lipinski definition) is 5. The summed E-state index contributed by atoms with van der Waals surface area (Å²) in [5.41, 5.74) is 10.7. The van der Waals surface area contributed by atoms with Crippen LogP contribution in [0.3, 0.4) is 0 Å². The molecule has 1 aromatic rings. The molecule has 0 unspecified atom stereocenters. The number of nitrogens with zero attached hydrogens (tertiary/aromatic N) is 3. The Bertz CT molecular complexity index is 578. The van der Waals surface area contributed by atoms with Crippen LogP contribution < -0.4 is 22.1 Å². The number of nitrogens with one attached hydrogen (secondary N) is 2. The number of likely N-dealkylation sites (tertiary alicyclic amines) is 1. The molecule has 2 heterocycles. The molecular weight excluding hydrogens is 302 g/mol. The SMILES string of the molecule is NC(=O)CN1CCC(NC(=O)Nc2cnn(CC(N)=O)c2)CC1. The standard InChI is InChI=1S/C13H21N7O3/c14-11(21)7-19-3-1-9(2-4-19)17-13(23)18-10-5-16-20(6-10)8-12(15)22/h5-6,9H,1-4,7-8H2,(H2,14,21)(H2,15,22)(H2,17,18,23). The van der Waals surface area contributed by atoms with E-state index in [4.69, 9.17) is 11.5 Å². The molecule has 1 aliphatic heterocycles. The van der Waals surface area contributed by atoms with Crippen molar-refractivity contribution in [3.05, 3.63) is 12.4 Å². The lowest BCUT2D eigenvalue weighted by molar-refractivity contribution is -0.120. The van der Waals surface area contributed by atoms with E-state index in [1.54, 1.807) is 0 Å². The molecule has 0 aromatic carbocycles. The molecule has 1 aromatic heterocycles. The van der Waals surface area contributed by atoms with Crippen LogP contribution in [0, 0.1) is 0 Å². The van der Waals surface area contributed by atoms with Gasteiger partial charge in [-0.1, -0.05) is 0 Å². The number of urea groups is 1. The summed E-state index contributed by atoms with van der Waals surface area (Å²) in [6.07, 6.45) is 4.47. The van der Waals surface area contributed by atoms with Crippen molar-refractivity contribution in [3.63, 3.8) is 0 Å². The third-order valence-corrected chi connectivity index (χ3v) is 3.51. The average Bonchev–Trinajstić information content (AvgIpc) is 2.86. The molecule has 0 spiro atoms. The molecule has 0 aliphatic carbocycles. The number of hydrogen-bond donors (Lipinski definition) is 4. The summed E-state index contributed by atoms with van der Waals surface area (Å²) in [6.45, 7) is 1.63. The summed E-state index contributed by atoms with van der Waals surface area (Å²) in [5, 5.41) is 9.44. The summed E-state index contributed by atoms with van der Waals surface area (Å²) in [7, 11) is 0. The van der Waals surface area contributed by atoms with Crippen molar-refractivity contribution in [2.24, 2.45) is 11.5 Å². The maximum atomic E-state index is 11.9. The third kappa shape index (κ3) is 5.58. The second-order valence-corrected chi connectivity index (χ2v) is 5.51. The van der Waals surface area contributed by atoms with Crippen LogP contribution >= 0.6 is 0 Å². The Morgan fingerprint density at radius 1 is 1.17 bits per heavy atom. The molecule has 4 amide bonds. The van der Waals surface area contributed by atoms with Crippen molar-refractivity contribution in [2.45, 2.75) is 25.4 Å². The lowest BCUT2D eigenvalue weighted by Crippen LogP contribution is -2.47. The number of anilines is 1. The minimum Gasteiger partial charge on any atom is -0.369 e. The maximum Gasteiger partial charge on any atom is 0.319 e. The Balaban J connectivity index is 1.74. The summed E-state index contributed by atoms with van der Waals surface area (Å²) >= 11 is 0. The maximum absolute atomic E-state index is 11.9. The molecule has 126 valence electrons. The number of carbonyl (C=O) groups is 3. The van der Waals surface area contributed by atoms with Gasteiger partial charge >= 0.3 is 6.03 Å². The lowest BCUT2D eigenvalue weighted by Gasteiger charge is -2.31. The van der Waals surface area contributed by atoms with E-state index < -0.39 is 5.91 Å². The van der Waals surface area contributed by atoms with Crippen molar-refractivity contribution < 1.29 is 14.4 Å². The van der Waals surface area contributed by atoms with Crippen LogP contribution in [0.5, 0.6) is 0 Å². The zero-order valence-corrected chi connectivity index (χ0v) is 12.7. The van der Waals surface area contributed by atoms with Gasteiger partial charge in [0.05, 0.1) is 18.4 Å². The van der Waals surface area contributed by atoms with Gasteiger partial charge in [0, 0.05) is 25.3 Å². The number of nitrogens with two attached hydrogens (primary N) is 2. The molecule has 0 saturated carbocycles. The summed E-state index contributed by atoms with van der Waals surface area (Å²) in [5.74, 6) is -0.853. The van der Waals surface area contributed by atoms with Crippen LogP contribution in [0.2, 0.25) is 0 Å². The molecule has 1 fully saturated rings. The third-order valence-electron chi connectivity index (χ3n) is 3.51. The second kappa shape index (κ2) is 7.58. The average molecular weight is 323 g/mol. The molecule has 10 nitrogen and oxygen atoms in total. The first-order valence-electron chi connectivity index (χ1n) is 7.31. The topological polar surface area (TPSA) is 148 Å². The fourth-order valence-electron chi connectivity index (χ4n) is 2.48. The number of aromatic nitrogens is 2. The first kappa shape index (κ1) is 16.7. The fraction of sp³-hybridized carbons (Fsp3) is 0.538. The van der Waals surface area contributed by atoms with Crippen LogP contribution in [0.1, 0.15) is 12.8 Å². The molecule has 0 bridgehead atoms.